The van der Waals surface area contributed by atoms with Crippen LogP contribution in [0.4, 0.5) is 0 Å². The van der Waals surface area contributed by atoms with Crippen molar-refractivity contribution in [3.63, 3.8) is 0 Å². The van der Waals surface area contributed by atoms with Crippen LogP contribution in [-0.2, 0) is 18.0 Å². The van der Waals surface area contributed by atoms with E-state index in [0.29, 0.717) is 23.3 Å². The molecule has 2 nitrogen and oxygen atoms in total. The zero-order valence-electron chi connectivity index (χ0n) is 11.1. The first-order valence-electron chi connectivity index (χ1n) is 6.51. The molecule has 2 aromatic rings. The normalized spacial score (nSPS) is 15.2. The summed E-state index contributed by atoms with van der Waals surface area (Å²) in [6.45, 7) is 1.38. The summed E-state index contributed by atoms with van der Waals surface area (Å²) in [6.07, 6.45) is 0. The van der Waals surface area contributed by atoms with Crippen LogP contribution >= 0.6 is 23.2 Å². The van der Waals surface area contributed by atoms with E-state index in [2.05, 4.69) is 23.5 Å². The maximum atomic E-state index is 6.32. The Morgan fingerprint density at radius 3 is 2.45 bits per heavy atom. The minimum Gasteiger partial charge on any atom is -0.372 e. The first-order chi connectivity index (χ1) is 9.70. The third-order valence-electron chi connectivity index (χ3n) is 3.66. The highest BCUT2D eigenvalue weighted by Crippen LogP contribution is 2.35. The molecule has 1 N–H and O–H groups in total. The molecule has 1 aliphatic heterocycles. The van der Waals surface area contributed by atoms with E-state index in [-0.39, 0.29) is 6.04 Å². The van der Waals surface area contributed by atoms with Crippen molar-refractivity contribution in [1.82, 2.24) is 5.32 Å². The molecular weight excluding hydrogens is 293 g/mol. The largest absolute Gasteiger partial charge is 0.372 e. The molecule has 0 fully saturated rings. The smallest absolute Gasteiger partial charge is 0.0725 e. The highest BCUT2D eigenvalue weighted by Gasteiger charge is 2.20. The second-order valence-electron chi connectivity index (χ2n) is 4.88. The highest BCUT2D eigenvalue weighted by molar-refractivity contribution is 6.36. The van der Waals surface area contributed by atoms with Crippen molar-refractivity contribution in [2.24, 2.45) is 0 Å². The molecule has 0 aromatic heterocycles. The first kappa shape index (κ1) is 13.9. The summed E-state index contributed by atoms with van der Waals surface area (Å²) in [7, 11) is 1.91. The summed E-state index contributed by atoms with van der Waals surface area (Å²) in [4.78, 5) is 0. The molecule has 1 atom stereocenters. The Labute approximate surface area is 128 Å². The maximum Gasteiger partial charge on any atom is 0.0725 e. The number of fused-ring (bicyclic) bond motifs is 1. The van der Waals surface area contributed by atoms with Crippen molar-refractivity contribution in [3.05, 3.63) is 68.7 Å². The highest BCUT2D eigenvalue weighted by atomic mass is 35.5. The lowest BCUT2D eigenvalue weighted by Crippen LogP contribution is -2.18. The third kappa shape index (κ3) is 2.45. The Balaban J connectivity index is 2.06. The molecule has 0 amide bonds. The van der Waals surface area contributed by atoms with Crippen LogP contribution in [-0.4, -0.2) is 7.05 Å². The lowest BCUT2D eigenvalue weighted by molar-refractivity contribution is 0.134. The maximum absolute atomic E-state index is 6.32. The SMILES string of the molecule is CNC(c1ccc2c(c1)COC2)c1c(Cl)cccc1Cl. The lowest BCUT2D eigenvalue weighted by Gasteiger charge is -2.20. The molecule has 2 aromatic carbocycles. The summed E-state index contributed by atoms with van der Waals surface area (Å²) in [5.41, 5.74) is 4.56. The number of rotatable bonds is 3. The van der Waals surface area contributed by atoms with Crippen LogP contribution < -0.4 is 5.32 Å². The van der Waals surface area contributed by atoms with Crippen LogP contribution in [0.25, 0.3) is 0 Å². The topological polar surface area (TPSA) is 21.3 Å². The fourth-order valence-electron chi connectivity index (χ4n) is 2.64. The van der Waals surface area contributed by atoms with Crippen LogP contribution in [0.2, 0.25) is 10.0 Å². The number of halogens is 2. The molecular formula is C16H15Cl2NO. The molecule has 1 unspecified atom stereocenters. The van der Waals surface area contributed by atoms with E-state index in [4.69, 9.17) is 27.9 Å². The number of benzene rings is 2. The van der Waals surface area contributed by atoms with Gasteiger partial charge >= 0.3 is 0 Å². The van der Waals surface area contributed by atoms with E-state index in [1.54, 1.807) is 0 Å². The molecule has 0 aliphatic carbocycles. The minimum atomic E-state index is -0.0258. The minimum absolute atomic E-state index is 0.0258. The fraction of sp³-hybridized carbons (Fsp3) is 0.250. The van der Waals surface area contributed by atoms with E-state index in [9.17, 15) is 0 Å². The molecule has 1 heterocycles. The van der Waals surface area contributed by atoms with E-state index >= 15 is 0 Å². The number of nitrogens with one attached hydrogen (secondary N) is 1. The van der Waals surface area contributed by atoms with E-state index in [1.807, 2.05) is 25.2 Å². The van der Waals surface area contributed by atoms with Gasteiger partial charge in [0.25, 0.3) is 0 Å². The van der Waals surface area contributed by atoms with Gasteiger partial charge in [0.1, 0.15) is 0 Å². The van der Waals surface area contributed by atoms with Gasteiger partial charge in [0.2, 0.25) is 0 Å². The molecule has 20 heavy (non-hydrogen) atoms. The van der Waals surface area contributed by atoms with Crippen molar-refractivity contribution in [2.45, 2.75) is 19.3 Å². The van der Waals surface area contributed by atoms with Gasteiger partial charge in [0, 0.05) is 15.6 Å². The molecule has 1 aliphatic rings. The van der Waals surface area contributed by atoms with Gasteiger partial charge in [0.05, 0.1) is 19.3 Å². The van der Waals surface area contributed by atoms with Gasteiger partial charge in [-0.3, -0.25) is 0 Å². The van der Waals surface area contributed by atoms with Gasteiger partial charge in [-0.05, 0) is 35.9 Å². The van der Waals surface area contributed by atoms with E-state index in [0.717, 1.165) is 11.1 Å². The number of hydrogen-bond acceptors (Lipinski definition) is 2. The van der Waals surface area contributed by atoms with Crippen molar-refractivity contribution in [1.29, 1.82) is 0 Å². The zero-order valence-corrected chi connectivity index (χ0v) is 12.6. The molecule has 0 saturated heterocycles. The predicted octanol–water partition coefficient (Wildman–Crippen LogP) is 4.33. The zero-order chi connectivity index (χ0) is 14.1. The van der Waals surface area contributed by atoms with Crippen LogP contribution in [0.15, 0.2) is 36.4 Å². The van der Waals surface area contributed by atoms with Crippen molar-refractivity contribution in [3.8, 4) is 0 Å². The first-order valence-corrected chi connectivity index (χ1v) is 7.27. The summed E-state index contributed by atoms with van der Waals surface area (Å²) < 4.78 is 5.46. The summed E-state index contributed by atoms with van der Waals surface area (Å²) in [5, 5.41) is 4.65. The van der Waals surface area contributed by atoms with Gasteiger partial charge in [-0.25, -0.2) is 0 Å². The molecule has 3 rings (SSSR count). The Morgan fingerprint density at radius 1 is 1.05 bits per heavy atom. The van der Waals surface area contributed by atoms with Crippen molar-refractivity contribution in [2.75, 3.05) is 7.05 Å². The van der Waals surface area contributed by atoms with Crippen molar-refractivity contribution < 1.29 is 4.74 Å². The fourth-order valence-corrected chi connectivity index (χ4v) is 3.25. The van der Waals surface area contributed by atoms with E-state index in [1.165, 1.54) is 11.1 Å². The Hall–Kier alpha value is -1.06. The summed E-state index contributed by atoms with van der Waals surface area (Å²) in [5.74, 6) is 0. The average Bonchev–Trinajstić information content (AvgIpc) is 2.90. The molecule has 4 heteroatoms. The molecule has 0 spiro atoms. The van der Waals surface area contributed by atoms with Crippen LogP contribution in [0.3, 0.4) is 0 Å². The van der Waals surface area contributed by atoms with Gasteiger partial charge in [-0.1, -0.05) is 47.5 Å². The Kier molecular flexibility index (Phi) is 3.99. The van der Waals surface area contributed by atoms with Crippen LogP contribution in [0.5, 0.6) is 0 Å². The van der Waals surface area contributed by atoms with Crippen LogP contribution in [0, 0.1) is 0 Å². The Bertz CT molecular complexity index is 622. The molecule has 0 radical (unpaired) electrons. The number of ether oxygens (including phenoxy) is 1. The van der Waals surface area contributed by atoms with Crippen LogP contribution in [0.1, 0.15) is 28.3 Å². The third-order valence-corrected chi connectivity index (χ3v) is 4.32. The van der Waals surface area contributed by atoms with Gasteiger partial charge in [0.15, 0.2) is 0 Å². The van der Waals surface area contributed by atoms with Gasteiger partial charge in [-0.2, -0.15) is 0 Å². The predicted molar refractivity (Wildman–Crippen MR) is 82.3 cm³/mol. The molecule has 0 saturated carbocycles. The average molecular weight is 308 g/mol. The Morgan fingerprint density at radius 2 is 1.75 bits per heavy atom. The quantitative estimate of drug-likeness (QED) is 0.911. The molecule has 0 bridgehead atoms. The van der Waals surface area contributed by atoms with Gasteiger partial charge in [-0.15, -0.1) is 0 Å². The summed E-state index contributed by atoms with van der Waals surface area (Å²) in [6, 6.07) is 12.0. The monoisotopic (exact) mass is 307 g/mol. The second kappa shape index (κ2) is 5.74. The standard InChI is InChI=1S/C16H15Cl2NO/c1-19-16(15-13(17)3-2-4-14(15)18)10-5-6-11-8-20-9-12(11)7-10/h2-7,16,19H,8-9H2,1H3. The van der Waals surface area contributed by atoms with Crippen molar-refractivity contribution >= 4 is 23.2 Å². The summed E-state index contributed by atoms with van der Waals surface area (Å²) >= 11 is 12.6. The van der Waals surface area contributed by atoms with E-state index < -0.39 is 0 Å². The second-order valence-corrected chi connectivity index (χ2v) is 5.69. The lowest BCUT2D eigenvalue weighted by atomic mass is 9.95. The number of hydrogen-bond donors (Lipinski definition) is 1. The molecule has 104 valence electrons. The van der Waals surface area contributed by atoms with Gasteiger partial charge < -0.3 is 10.1 Å².